The summed E-state index contributed by atoms with van der Waals surface area (Å²) in [5, 5.41) is 13.8. The van der Waals surface area contributed by atoms with Gasteiger partial charge in [-0.3, -0.25) is 14.4 Å². The molecule has 0 saturated carbocycles. The van der Waals surface area contributed by atoms with Crippen LogP contribution in [0.3, 0.4) is 0 Å². The summed E-state index contributed by atoms with van der Waals surface area (Å²) in [6.45, 7) is 0.768. The van der Waals surface area contributed by atoms with E-state index in [0.29, 0.717) is 23.9 Å². The van der Waals surface area contributed by atoms with Crippen LogP contribution >= 0.6 is 0 Å². The minimum absolute atomic E-state index is 0.0662. The third-order valence-electron chi connectivity index (χ3n) is 4.05. The molecule has 1 saturated heterocycles. The number of fused-ring (bicyclic) bond motifs is 1. The Balaban J connectivity index is 1.63. The largest absolute Gasteiger partial charge is 0.354 e. The molecule has 1 aliphatic rings. The first-order valence-corrected chi connectivity index (χ1v) is 8.05. The molecule has 1 aromatic carbocycles. The van der Waals surface area contributed by atoms with Crippen LogP contribution in [0, 0.1) is 0 Å². The van der Waals surface area contributed by atoms with Gasteiger partial charge in [0.05, 0.1) is 11.9 Å². The van der Waals surface area contributed by atoms with Crippen molar-refractivity contribution in [2.45, 2.75) is 38.3 Å². The van der Waals surface area contributed by atoms with Gasteiger partial charge in [-0.25, -0.2) is 4.68 Å². The van der Waals surface area contributed by atoms with Gasteiger partial charge in [0.1, 0.15) is 11.6 Å². The standard InChI is InChI=1S/C16H19N5O3/c22-14(18-13-7-3-4-9-17-15(13)23)8-10-21-16(24)11-5-1-2-6-12(11)19-20-21/h1-2,5-6,13H,3-4,7-10H2,(H,17,23)(H,18,22)/t13-/m1/s1. The fourth-order valence-electron chi connectivity index (χ4n) is 2.72. The highest BCUT2D eigenvalue weighted by molar-refractivity contribution is 5.87. The van der Waals surface area contributed by atoms with E-state index in [1.165, 1.54) is 4.68 Å². The molecule has 0 radical (unpaired) electrons. The van der Waals surface area contributed by atoms with Crippen LogP contribution in [-0.4, -0.2) is 39.4 Å². The number of aryl methyl sites for hydroxylation is 1. The molecule has 0 spiro atoms. The first kappa shape index (κ1) is 16.1. The molecule has 1 aliphatic heterocycles. The first-order chi connectivity index (χ1) is 11.6. The van der Waals surface area contributed by atoms with E-state index in [-0.39, 0.29) is 30.3 Å². The van der Waals surface area contributed by atoms with Crippen LogP contribution in [-0.2, 0) is 16.1 Å². The third-order valence-corrected chi connectivity index (χ3v) is 4.05. The molecule has 1 fully saturated rings. The van der Waals surface area contributed by atoms with Crippen molar-refractivity contribution in [3.63, 3.8) is 0 Å². The third kappa shape index (κ3) is 3.58. The molecule has 0 aliphatic carbocycles. The molecule has 8 heteroatoms. The fourth-order valence-corrected chi connectivity index (χ4v) is 2.72. The maximum Gasteiger partial charge on any atom is 0.277 e. The van der Waals surface area contributed by atoms with Crippen molar-refractivity contribution in [1.82, 2.24) is 25.6 Å². The zero-order valence-electron chi connectivity index (χ0n) is 13.2. The normalized spacial score (nSPS) is 18.0. The van der Waals surface area contributed by atoms with Crippen molar-refractivity contribution in [2.75, 3.05) is 6.54 Å². The highest BCUT2D eigenvalue weighted by Gasteiger charge is 2.22. The van der Waals surface area contributed by atoms with E-state index >= 15 is 0 Å². The van der Waals surface area contributed by atoms with Crippen molar-refractivity contribution in [3.05, 3.63) is 34.6 Å². The first-order valence-electron chi connectivity index (χ1n) is 8.05. The number of nitrogens with zero attached hydrogens (tertiary/aromatic N) is 3. The predicted molar refractivity (Wildman–Crippen MR) is 87.2 cm³/mol. The van der Waals surface area contributed by atoms with Gasteiger partial charge in [-0.1, -0.05) is 17.3 Å². The number of hydrogen-bond donors (Lipinski definition) is 2. The van der Waals surface area contributed by atoms with Gasteiger partial charge in [0.2, 0.25) is 11.8 Å². The lowest BCUT2D eigenvalue weighted by Crippen LogP contribution is -2.45. The number of rotatable bonds is 4. The van der Waals surface area contributed by atoms with Crippen LogP contribution in [0.2, 0.25) is 0 Å². The lowest BCUT2D eigenvalue weighted by Gasteiger charge is -2.15. The van der Waals surface area contributed by atoms with E-state index in [2.05, 4.69) is 20.9 Å². The average Bonchev–Trinajstić information content (AvgIpc) is 2.79. The van der Waals surface area contributed by atoms with Crippen LogP contribution in [0.25, 0.3) is 10.9 Å². The smallest absolute Gasteiger partial charge is 0.277 e. The van der Waals surface area contributed by atoms with E-state index < -0.39 is 6.04 Å². The Morgan fingerprint density at radius 1 is 1.29 bits per heavy atom. The Morgan fingerprint density at radius 3 is 3.00 bits per heavy atom. The number of carbonyl (C=O) groups is 2. The minimum atomic E-state index is -0.501. The molecule has 24 heavy (non-hydrogen) atoms. The predicted octanol–water partition coefficient (Wildman–Crippen LogP) is -0.0335. The van der Waals surface area contributed by atoms with E-state index in [1.54, 1.807) is 24.3 Å². The Morgan fingerprint density at radius 2 is 2.12 bits per heavy atom. The highest BCUT2D eigenvalue weighted by atomic mass is 16.2. The van der Waals surface area contributed by atoms with Gasteiger partial charge < -0.3 is 10.6 Å². The number of hydrogen-bond acceptors (Lipinski definition) is 5. The van der Waals surface area contributed by atoms with Crippen molar-refractivity contribution in [2.24, 2.45) is 0 Å². The van der Waals surface area contributed by atoms with Gasteiger partial charge in [-0.2, -0.15) is 0 Å². The van der Waals surface area contributed by atoms with Crippen LogP contribution in [0.1, 0.15) is 25.7 Å². The minimum Gasteiger partial charge on any atom is -0.354 e. The summed E-state index contributed by atoms with van der Waals surface area (Å²) in [5.41, 5.74) is 0.249. The van der Waals surface area contributed by atoms with Gasteiger partial charge >= 0.3 is 0 Å². The van der Waals surface area contributed by atoms with E-state index in [9.17, 15) is 14.4 Å². The second kappa shape index (κ2) is 7.20. The summed E-state index contributed by atoms with van der Waals surface area (Å²) in [6, 6.07) is 6.43. The second-order valence-corrected chi connectivity index (χ2v) is 5.79. The zero-order chi connectivity index (χ0) is 16.9. The molecular weight excluding hydrogens is 310 g/mol. The molecule has 126 valence electrons. The van der Waals surface area contributed by atoms with E-state index in [4.69, 9.17) is 0 Å². The van der Waals surface area contributed by atoms with Crippen molar-refractivity contribution >= 4 is 22.7 Å². The molecule has 2 aromatic rings. The van der Waals surface area contributed by atoms with Crippen molar-refractivity contribution in [3.8, 4) is 0 Å². The second-order valence-electron chi connectivity index (χ2n) is 5.79. The molecule has 0 unspecified atom stereocenters. The van der Waals surface area contributed by atoms with E-state index in [1.807, 2.05) is 0 Å². The van der Waals surface area contributed by atoms with Crippen LogP contribution in [0.5, 0.6) is 0 Å². The van der Waals surface area contributed by atoms with Crippen LogP contribution < -0.4 is 16.2 Å². The average molecular weight is 329 g/mol. The summed E-state index contributed by atoms with van der Waals surface area (Å²) < 4.78 is 1.18. The molecule has 1 aromatic heterocycles. The lowest BCUT2D eigenvalue weighted by atomic mass is 10.1. The molecule has 2 N–H and O–H groups in total. The molecule has 8 nitrogen and oxygen atoms in total. The van der Waals surface area contributed by atoms with Gasteiger partial charge in [-0.05, 0) is 31.4 Å². The van der Waals surface area contributed by atoms with E-state index in [0.717, 1.165) is 12.8 Å². The Bertz CT molecular complexity index is 817. The monoisotopic (exact) mass is 329 g/mol. The fraction of sp³-hybridized carbons (Fsp3) is 0.438. The Labute approximate surface area is 138 Å². The molecule has 1 atom stereocenters. The number of amides is 2. The van der Waals surface area contributed by atoms with Crippen LogP contribution in [0.4, 0.5) is 0 Å². The highest BCUT2D eigenvalue weighted by Crippen LogP contribution is 2.06. The number of benzene rings is 1. The Hall–Kier alpha value is -2.77. The Kier molecular flexibility index (Phi) is 4.83. The molecule has 2 heterocycles. The molecule has 3 rings (SSSR count). The van der Waals surface area contributed by atoms with Gasteiger partial charge in [0.25, 0.3) is 5.56 Å². The van der Waals surface area contributed by atoms with Crippen molar-refractivity contribution < 1.29 is 9.59 Å². The summed E-state index contributed by atoms with van der Waals surface area (Å²) in [7, 11) is 0. The quantitative estimate of drug-likeness (QED) is 0.819. The number of aromatic nitrogens is 3. The molecule has 2 amide bonds. The SMILES string of the molecule is O=C(CCn1nnc2ccccc2c1=O)N[C@@H]1CCCCNC1=O. The summed E-state index contributed by atoms with van der Waals surface area (Å²) in [5.74, 6) is -0.428. The topological polar surface area (TPSA) is 106 Å². The van der Waals surface area contributed by atoms with Gasteiger partial charge in [0.15, 0.2) is 0 Å². The summed E-state index contributed by atoms with van der Waals surface area (Å²) >= 11 is 0. The maximum absolute atomic E-state index is 12.3. The van der Waals surface area contributed by atoms with Gasteiger partial charge in [-0.15, -0.1) is 5.10 Å². The summed E-state index contributed by atoms with van der Waals surface area (Å²) in [6.07, 6.45) is 2.50. The molecular formula is C16H19N5O3. The summed E-state index contributed by atoms with van der Waals surface area (Å²) in [4.78, 5) is 36.2. The number of nitrogens with one attached hydrogen (secondary N) is 2. The lowest BCUT2D eigenvalue weighted by molar-refractivity contribution is -0.129. The number of carbonyl (C=O) groups excluding carboxylic acids is 2. The molecule has 0 bridgehead atoms. The zero-order valence-corrected chi connectivity index (χ0v) is 13.2. The maximum atomic E-state index is 12.3. The van der Waals surface area contributed by atoms with Gasteiger partial charge in [0, 0.05) is 13.0 Å². The van der Waals surface area contributed by atoms with Crippen LogP contribution in [0.15, 0.2) is 29.1 Å². The van der Waals surface area contributed by atoms with Crippen molar-refractivity contribution in [1.29, 1.82) is 0 Å².